The van der Waals surface area contributed by atoms with Gasteiger partial charge in [-0.15, -0.1) is 13.2 Å². The van der Waals surface area contributed by atoms with Gasteiger partial charge in [0.2, 0.25) is 0 Å². The van der Waals surface area contributed by atoms with E-state index in [0.717, 1.165) is 29.0 Å². The zero-order valence-corrected chi connectivity index (χ0v) is 13.9. The lowest BCUT2D eigenvalue weighted by atomic mass is 10.2. The Hall–Kier alpha value is -3.10. The molecule has 0 aliphatic heterocycles. The minimum atomic E-state index is -4.98. The Kier molecular flexibility index (Phi) is 5.49. The van der Waals surface area contributed by atoms with Crippen LogP contribution in [0, 0.1) is 0 Å². The average molecular weight is 368 g/mol. The van der Waals surface area contributed by atoms with Crippen LogP contribution in [0.3, 0.4) is 0 Å². The van der Waals surface area contributed by atoms with Crippen molar-refractivity contribution in [3.8, 4) is 0 Å². The number of nitrogens with zero attached hydrogens (tertiary/aromatic N) is 2. The summed E-state index contributed by atoms with van der Waals surface area (Å²) in [6.45, 7) is 1.48. The molecule has 1 heterocycles. The van der Waals surface area contributed by atoms with Gasteiger partial charge in [-0.3, -0.25) is 9.59 Å². The summed E-state index contributed by atoms with van der Waals surface area (Å²) in [5.74, 6) is -3.57. The standard InChI is InChI=1S/C17H15F3N2O4/c1-3-26-16(25)14(23)11-9-13(21(2)10-11)15(24)22(17(18,19)20)12-7-5-4-6-8-12/h4-10H,3H2,1-2H3. The first-order valence-electron chi connectivity index (χ1n) is 7.51. The fraction of sp³-hybridized carbons (Fsp3) is 0.235. The van der Waals surface area contributed by atoms with Gasteiger partial charge in [0.25, 0.3) is 11.7 Å². The third kappa shape index (κ3) is 3.93. The SMILES string of the molecule is CCOC(=O)C(=O)c1cc(C(=O)N(c2ccccc2)C(F)(F)F)n(C)c1. The Bertz CT molecular complexity index is 828. The van der Waals surface area contributed by atoms with Crippen molar-refractivity contribution >= 4 is 23.3 Å². The van der Waals surface area contributed by atoms with E-state index >= 15 is 0 Å². The van der Waals surface area contributed by atoms with Gasteiger partial charge in [-0.05, 0) is 25.1 Å². The molecule has 0 radical (unpaired) electrons. The van der Waals surface area contributed by atoms with Gasteiger partial charge in [0.1, 0.15) is 5.69 Å². The van der Waals surface area contributed by atoms with Crippen molar-refractivity contribution < 1.29 is 32.3 Å². The number of alkyl halides is 3. The fourth-order valence-corrected chi connectivity index (χ4v) is 2.29. The Labute approximate surface area is 146 Å². The summed E-state index contributed by atoms with van der Waals surface area (Å²) in [5, 5.41) is 0. The molecule has 0 N–H and O–H groups in total. The number of amides is 1. The summed E-state index contributed by atoms with van der Waals surface area (Å²) in [4.78, 5) is 35.6. The maximum atomic E-state index is 13.4. The number of benzene rings is 1. The van der Waals surface area contributed by atoms with Gasteiger partial charge >= 0.3 is 12.3 Å². The predicted molar refractivity (Wildman–Crippen MR) is 85.7 cm³/mol. The van der Waals surface area contributed by atoms with Crippen LogP contribution >= 0.6 is 0 Å². The van der Waals surface area contributed by atoms with Gasteiger partial charge in [-0.25, -0.2) is 9.69 Å². The number of halogens is 3. The molecule has 6 nitrogen and oxygen atoms in total. The normalized spacial score (nSPS) is 11.1. The molecule has 0 atom stereocenters. The first kappa shape index (κ1) is 19.2. The second-order valence-corrected chi connectivity index (χ2v) is 5.22. The van der Waals surface area contributed by atoms with Crippen LogP contribution in [0.4, 0.5) is 18.9 Å². The first-order valence-corrected chi connectivity index (χ1v) is 7.51. The number of ether oxygens (including phenoxy) is 1. The number of anilines is 1. The Morgan fingerprint density at radius 1 is 1.15 bits per heavy atom. The fourth-order valence-electron chi connectivity index (χ4n) is 2.29. The van der Waals surface area contributed by atoms with Gasteiger partial charge in [0.05, 0.1) is 12.3 Å². The van der Waals surface area contributed by atoms with Crippen LogP contribution in [0.15, 0.2) is 42.6 Å². The summed E-state index contributed by atoms with van der Waals surface area (Å²) in [6, 6.07) is 7.45. The van der Waals surface area contributed by atoms with Crippen LogP contribution in [0.5, 0.6) is 0 Å². The number of carbonyl (C=O) groups is 3. The van der Waals surface area contributed by atoms with E-state index in [1.165, 1.54) is 32.2 Å². The number of Topliss-reactive ketones (excluding diaryl/α,β-unsaturated/α-hetero) is 1. The molecule has 1 amide bonds. The summed E-state index contributed by atoms with van der Waals surface area (Å²) in [6.07, 6.45) is -3.87. The minimum absolute atomic E-state index is 0.0287. The van der Waals surface area contributed by atoms with Crippen LogP contribution in [0.25, 0.3) is 0 Å². The molecule has 1 aromatic heterocycles. The number of rotatable bonds is 5. The van der Waals surface area contributed by atoms with E-state index < -0.39 is 29.7 Å². The van der Waals surface area contributed by atoms with E-state index in [2.05, 4.69) is 4.74 Å². The van der Waals surface area contributed by atoms with Crippen molar-refractivity contribution in [2.45, 2.75) is 13.2 Å². The van der Waals surface area contributed by atoms with Crippen LogP contribution in [-0.2, 0) is 16.6 Å². The molecule has 0 saturated carbocycles. The second-order valence-electron chi connectivity index (χ2n) is 5.22. The lowest BCUT2D eigenvalue weighted by Crippen LogP contribution is -2.43. The number of ketones is 1. The molecule has 0 fully saturated rings. The highest BCUT2D eigenvalue weighted by molar-refractivity contribution is 6.40. The number of aryl methyl sites for hydroxylation is 1. The third-order valence-electron chi connectivity index (χ3n) is 3.42. The zero-order valence-electron chi connectivity index (χ0n) is 13.9. The number of hydrogen-bond donors (Lipinski definition) is 0. The Morgan fingerprint density at radius 3 is 2.31 bits per heavy atom. The van der Waals surface area contributed by atoms with E-state index in [-0.39, 0.29) is 22.8 Å². The van der Waals surface area contributed by atoms with E-state index in [1.54, 1.807) is 0 Å². The quantitative estimate of drug-likeness (QED) is 0.352. The minimum Gasteiger partial charge on any atom is -0.460 e. The van der Waals surface area contributed by atoms with Gasteiger partial charge in [-0.1, -0.05) is 18.2 Å². The first-order chi connectivity index (χ1) is 12.2. The van der Waals surface area contributed by atoms with Crippen LogP contribution in [-0.4, -0.2) is 35.1 Å². The molecule has 0 bridgehead atoms. The van der Waals surface area contributed by atoms with Crippen molar-refractivity contribution in [3.63, 3.8) is 0 Å². The topological polar surface area (TPSA) is 68.6 Å². The van der Waals surface area contributed by atoms with Crippen molar-refractivity contribution in [1.82, 2.24) is 4.57 Å². The lowest BCUT2D eigenvalue weighted by molar-refractivity contribution is -0.137. The van der Waals surface area contributed by atoms with Crippen molar-refractivity contribution in [3.05, 3.63) is 53.9 Å². The molecule has 0 unspecified atom stereocenters. The zero-order chi connectivity index (χ0) is 19.5. The second kappa shape index (κ2) is 7.42. The molecule has 0 aliphatic carbocycles. The van der Waals surface area contributed by atoms with Gasteiger partial charge in [0, 0.05) is 18.8 Å². The molecule has 2 aromatic rings. The molecule has 26 heavy (non-hydrogen) atoms. The summed E-state index contributed by atoms with van der Waals surface area (Å²) < 4.78 is 45.9. The highest BCUT2D eigenvalue weighted by Gasteiger charge is 2.43. The molecular weight excluding hydrogens is 353 g/mol. The maximum Gasteiger partial charge on any atom is 0.491 e. The van der Waals surface area contributed by atoms with Crippen molar-refractivity contribution in [1.29, 1.82) is 0 Å². The van der Waals surface area contributed by atoms with Crippen LogP contribution < -0.4 is 4.90 Å². The number of aromatic nitrogens is 1. The summed E-state index contributed by atoms with van der Waals surface area (Å²) in [5.41, 5.74) is -1.01. The largest absolute Gasteiger partial charge is 0.491 e. The van der Waals surface area contributed by atoms with E-state index in [4.69, 9.17) is 0 Å². The van der Waals surface area contributed by atoms with Crippen LogP contribution in [0.2, 0.25) is 0 Å². The van der Waals surface area contributed by atoms with Crippen molar-refractivity contribution in [2.75, 3.05) is 11.5 Å². The number of esters is 1. The van der Waals surface area contributed by atoms with Crippen molar-refractivity contribution in [2.24, 2.45) is 7.05 Å². The number of para-hydroxylation sites is 1. The molecule has 0 aliphatic rings. The Morgan fingerprint density at radius 2 is 1.77 bits per heavy atom. The smallest absolute Gasteiger partial charge is 0.460 e. The monoisotopic (exact) mass is 368 g/mol. The molecular formula is C17H15F3N2O4. The third-order valence-corrected chi connectivity index (χ3v) is 3.42. The Balaban J connectivity index is 2.42. The summed E-state index contributed by atoms with van der Waals surface area (Å²) >= 11 is 0. The van der Waals surface area contributed by atoms with Gasteiger partial charge in [0.15, 0.2) is 0 Å². The number of carbonyl (C=O) groups excluding carboxylic acids is 3. The molecule has 0 spiro atoms. The highest BCUT2D eigenvalue weighted by atomic mass is 19.4. The van der Waals surface area contributed by atoms with Crippen LogP contribution in [0.1, 0.15) is 27.8 Å². The highest BCUT2D eigenvalue weighted by Crippen LogP contribution is 2.30. The lowest BCUT2D eigenvalue weighted by Gasteiger charge is -2.25. The molecule has 138 valence electrons. The molecule has 2 rings (SSSR count). The van der Waals surface area contributed by atoms with Gasteiger partial charge in [-0.2, -0.15) is 0 Å². The van der Waals surface area contributed by atoms with E-state index in [9.17, 15) is 27.6 Å². The molecule has 0 saturated heterocycles. The maximum absolute atomic E-state index is 13.4. The number of hydrogen-bond acceptors (Lipinski definition) is 4. The average Bonchev–Trinajstić information content (AvgIpc) is 2.96. The summed E-state index contributed by atoms with van der Waals surface area (Å²) in [7, 11) is 1.30. The van der Waals surface area contributed by atoms with Gasteiger partial charge < -0.3 is 9.30 Å². The van der Waals surface area contributed by atoms with E-state index in [1.807, 2.05) is 0 Å². The predicted octanol–water partition coefficient (Wildman–Crippen LogP) is 2.94. The molecule has 1 aromatic carbocycles. The molecule has 9 heteroatoms. The van der Waals surface area contributed by atoms with E-state index in [0.29, 0.717) is 0 Å².